The van der Waals surface area contributed by atoms with Crippen LogP contribution in [0.15, 0.2) is 30.6 Å². The van der Waals surface area contributed by atoms with Gasteiger partial charge in [-0.15, -0.1) is 24.8 Å². The smallest absolute Gasteiger partial charge is 0.335 e. The summed E-state index contributed by atoms with van der Waals surface area (Å²) in [5, 5.41) is 12.7. The van der Waals surface area contributed by atoms with E-state index in [1.807, 2.05) is 0 Å². The fourth-order valence-corrected chi connectivity index (χ4v) is 4.26. The normalized spacial score (nSPS) is 18.3. The highest BCUT2D eigenvalue weighted by Crippen LogP contribution is 2.39. The lowest BCUT2D eigenvalue weighted by molar-refractivity contribution is 0.0697. The van der Waals surface area contributed by atoms with Gasteiger partial charge in [-0.2, -0.15) is 0 Å². The topological polar surface area (TPSA) is 91.2 Å². The maximum absolute atomic E-state index is 11.2. The minimum Gasteiger partial charge on any atom is -0.478 e. The van der Waals surface area contributed by atoms with Crippen LogP contribution >= 0.6 is 24.8 Å². The molecule has 2 saturated heterocycles. The van der Waals surface area contributed by atoms with Crippen LogP contribution in [0.4, 0.5) is 5.95 Å². The van der Waals surface area contributed by atoms with Crippen molar-refractivity contribution in [2.75, 3.05) is 31.1 Å². The van der Waals surface area contributed by atoms with Gasteiger partial charge in [0, 0.05) is 25.5 Å². The maximum atomic E-state index is 11.2. The summed E-state index contributed by atoms with van der Waals surface area (Å²) in [7, 11) is 0. The van der Waals surface area contributed by atoms with E-state index < -0.39 is 5.97 Å². The summed E-state index contributed by atoms with van der Waals surface area (Å²) in [6, 6.07) is 4.83. The maximum Gasteiger partial charge on any atom is 0.335 e. The van der Waals surface area contributed by atoms with Crippen LogP contribution in [0.1, 0.15) is 42.5 Å². The van der Waals surface area contributed by atoms with E-state index in [1.165, 1.54) is 37.9 Å². The first-order valence-electron chi connectivity index (χ1n) is 9.64. The second-order valence-corrected chi connectivity index (χ2v) is 7.57. The molecule has 4 heterocycles. The molecule has 0 aliphatic carbocycles. The molecule has 0 radical (unpaired) electrons. The van der Waals surface area contributed by atoms with Crippen molar-refractivity contribution < 1.29 is 9.90 Å². The minimum absolute atomic E-state index is 0. The molecule has 9 heteroatoms. The number of halogens is 2. The van der Waals surface area contributed by atoms with Crippen molar-refractivity contribution in [2.24, 2.45) is 5.41 Å². The summed E-state index contributed by atoms with van der Waals surface area (Å²) < 4.78 is 0. The number of hydrogen-bond acceptors (Lipinski definition) is 6. The average Bonchev–Trinajstić information content (AvgIpc) is 2.91. The third-order valence-corrected chi connectivity index (χ3v) is 5.91. The average molecular weight is 440 g/mol. The SMILES string of the molecule is Cl.Cl.O=C(O)c1ccnc(-c2ccnc(N3CCCC4(CCNCC4)CC3)n2)c1. The lowest BCUT2D eigenvalue weighted by Gasteiger charge is -2.37. The molecule has 0 saturated carbocycles. The fourth-order valence-electron chi connectivity index (χ4n) is 4.26. The molecule has 0 atom stereocenters. The number of carbonyl (C=O) groups is 1. The third-order valence-electron chi connectivity index (χ3n) is 5.91. The monoisotopic (exact) mass is 439 g/mol. The van der Waals surface area contributed by atoms with E-state index in [4.69, 9.17) is 0 Å². The van der Waals surface area contributed by atoms with Crippen molar-refractivity contribution in [3.8, 4) is 11.4 Å². The lowest BCUT2D eigenvalue weighted by atomic mass is 9.73. The number of carboxylic acid groups (broad SMARTS) is 1. The van der Waals surface area contributed by atoms with Crippen LogP contribution in [0, 0.1) is 5.41 Å². The molecular formula is C20H27Cl2N5O2. The first-order chi connectivity index (χ1) is 13.2. The third kappa shape index (κ3) is 5.35. The van der Waals surface area contributed by atoms with Crippen molar-refractivity contribution in [2.45, 2.75) is 32.1 Å². The van der Waals surface area contributed by atoms with E-state index in [9.17, 15) is 9.90 Å². The Morgan fingerprint density at radius 1 is 1.00 bits per heavy atom. The Morgan fingerprint density at radius 2 is 1.76 bits per heavy atom. The van der Waals surface area contributed by atoms with Crippen LogP contribution in [0.25, 0.3) is 11.4 Å². The summed E-state index contributed by atoms with van der Waals surface area (Å²) in [5.41, 5.74) is 1.89. The number of aromatic nitrogens is 3. The minimum atomic E-state index is -0.965. The molecule has 29 heavy (non-hydrogen) atoms. The number of aromatic carboxylic acids is 1. The zero-order valence-corrected chi connectivity index (χ0v) is 17.8. The molecule has 2 aliphatic heterocycles. The number of anilines is 1. The van der Waals surface area contributed by atoms with Gasteiger partial charge in [0.2, 0.25) is 5.95 Å². The van der Waals surface area contributed by atoms with E-state index in [0.717, 1.165) is 32.6 Å². The number of pyridine rings is 1. The van der Waals surface area contributed by atoms with Gasteiger partial charge in [0.15, 0.2) is 0 Å². The van der Waals surface area contributed by atoms with Crippen LogP contribution in [-0.2, 0) is 0 Å². The molecule has 2 aliphatic rings. The first kappa shape index (κ1) is 23.3. The molecule has 2 aromatic rings. The molecule has 0 unspecified atom stereocenters. The van der Waals surface area contributed by atoms with Crippen molar-refractivity contribution in [3.63, 3.8) is 0 Å². The van der Waals surface area contributed by atoms with Gasteiger partial charge >= 0.3 is 5.97 Å². The molecule has 7 nitrogen and oxygen atoms in total. The predicted molar refractivity (Wildman–Crippen MR) is 117 cm³/mol. The second-order valence-electron chi connectivity index (χ2n) is 7.57. The Labute approximate surface area is 183 Å². The summed E-state index contributed by atoms with van der Waals surface area (Å²) in [5.74, 6) is -0.256. The Bertz CT molecular complexity index is 830. The number of nitrogens with one attached hydrogen (secondary N) is 1. The number of piperidine rings is 1. The Balaban J connectivity index is 0.00000150. The Kier molecular flexibility index (Phi) is 8.19. The highest BCUT2D eigenvalue weighted by atomic mass is 35.5. The van der Waals surface area contributed by atoms with Crippen molar-refractivity contribution in [3.05, 3.63) is 36.2 Å². The van der Waals surface area contributed by atoms with Crippen molar-refractivity contribution in [1.82, 2.24) is 20.3 Å². The van der Waals surface area contributed by atoms with Gasteiger partial charge in [0.1, 0.15) is 0 Å². The molecule has 0 amide bonds. The van der Waals surface area contributed by atoms with Gasteiger partial charge in [0.05, 0.1) is 17.0 Å². The van der Waals surface area contributed by atoms with Crippen LogP contribution < -0.4 is 10.2 Å². The zero-order valence-electron chi connectivity index (χ0n) is 16.2. The Morgan fingerprint density at radius 3 is 2.52 bits per heavy atom. The molecule has 4 rings (SSSR count). The lowest BCUT2D eigenvalue weighted by Crippen LogP contribution is -2.37. The van der Waals surface area contributed by atoms with E-state index in [0.29, 0.717) is 22.8 Å². The van der Waals surface area contributed by atoms with Gasteiger partial charge in [-0.25, -0.2) is 14.8 Å². The zero-order chi connectivity index (χ0) is 18.7. The summed E-state index contributed by atoms with van der Waals surface area (Å²) in [4.78, 5) is 26.9. The van der Waals surface area contributed by atoms with E-state index in [2.05, 4.69) is 25.2 Å². The number of carboxylic acids is 1. The molecular weight excluding hydrogens is 413 g/mol. The van der Waals surface area contributed by atoms with Gasteiger partial charge in [-0.05, 0) is 68.8 Å². The van der Waals surface area contributed by atoms with E-state index in [-0.39, 0.29) is 30.4 Å². The highest BCUT2D eigenvalue weighted by Gasteiger charge is 2.34. The van der Waals surface area contributed by atoms with Crippen LogP contribution in [0.5, 0.6) is 0 Å². The molecule has 0 bridgehead atoms. The predicted octanol–water partition coefficient (Wildman–Crippen LogP) is 3.44. The van der Waals surface area contributed by atoms with E-state index >= 15 is 0 Å². The fraction of sp³-hybridized carbons (Fsp3) is 0.500. The quantitative estimate of drug-likeness (QED) is 0.756. The number of hydrogen-bond donors (Lipinski definition) is 2. The summed E-state index contributed by atoms with van der Waals surface area (Å²) >= 11 is 0. The second kappa shape index (κ2) is 10.2. The van der Waals surface area contributed by atoms with Crippen molar-refractivity contribution >= 4 is 36.7 Å². The van der Waals surface area contributed by atoms with Gasteiger partial charge < -0.3 is 15.3 Å². The molecule has 158 valence electrons. The summed E-state index contributed by atoms with van der Waals surface area (Å²) in [6.45, 7) is 4.17. The largest absolute Gasteiger partial charge is 0.478 e. The van der Waals surface area contributed by atoms with Gasteiger partial charge in [-0.1, -0.05) is 0 Å². The van der Waals surface area contributed by atoms with Crippen molar-refractivity contribution in [1.29, 1.82) is 0 Å². The van der Waals surface area contributed by atoms with Gasteiger partial charge in [-0.3, -0.25) is 4.98 Å². The standard InChI is InChI=1S/C20H25N5O2.2ClH/c26-18(27)15-2-8-22-17(14-15)16-3-9-23-19(24-16)25-12-1-4-20(7-13-25)5-10-21-11-6-20;;/h2-3,8-9,14,21H,1,4-7,10-13H2,(H,26,27);2*1H. The highest BCUT2D eigenvalue weighted by molar-refractivity contribution is 5.88. The number of rotatable bonds is 3. The van der Waals surface area contributed by atoms with Crippen LogP contribution in [0.2, 0.25) is 0 Å². The molecule has 1 spiro atoms. The number of nitrogens with zero attached hydrogens (tertiary/aromatic N) is 4. The van der Waals surface area contributed by atoms with Gasteiger partial charge in [0.25, 0.3) is 0 Å². The molecule has 2 fully saturated rings. The van der Waals surface area contributed by atoms with Crippen LogP contribution in [0.3, 0.4) is 0 Å². The summed E-state index contributed by atoms with van der Waals surface area (Å²) in [6.07, 6.45) is 9.36. The molecule has 0 aromatic carbocycles. The first-order valence-corrected chi connectivity index (χ1v) is 9.64. The van der Waals surface area contributed by atoms with Crippen LogP contribution in [-0.4, -0.2) is 52.2 Å². The molecule has 2 N–H and O–H groups in total. The molecule has 2 aromatic heterocycles. The Hall–Kier alpha value is -1.96. The van der Waals surface area contributed by atoms with E-state index in [1.54, 1.807) is 18.3 Å².